The Hall–Kier alpha value is -1.05. The normalized spacial score (nSPS) is 15.5. The molecular weight excluding hydrogens is 208 g/mol. The Bertz CT molecular complexity index is 354. The van der Waals surface area contributed by atoms with Crippen LogP contribution in [0.5, 0.6) is 0 Å². The van der Waals surface area contributed by atoms with Crippen molar-refractivity contribution in [2.75, 3.05) is 18.0 Å². The Labute approximate surface area is 105 Å². The lowest BCUT2D eigenvalue weighted by Gasteiger charge is -2.20. The zero-order chi connectivity index (χ0) is 12.1. The van der Waals surface area contributed by atoms with E-state index in [1.165, 1.54) is 55.7 Å². The molecule has 17 heavy (non-hydrogen) atoms. The highest BCUT2D eigenvalue weighted by Gasteiger charge is 2.16. The van der Waals surface area contributed by atoms with Crippen molar-refractivity contribution in [3.05, 3.63) is 23.4 Å². The van der Waals surface area contributed by atoms with E-state index >= 15 is 0 Å². The van der Waals surface area contributed by atoms with Crippen molar-refractivity contribution in [1.82, 2.24) is 4.98 Å². The summed E-state index contributed by atoms with van der Waals surface area (Å²) in [5.74, 6) is 1.25. The van der Waals surface area contributed by atoms with Crippen LogP contribution in [0.25, 0.3) is 0 Å². The van der Waals surface area contributed by atoms with Crippen molar-refractivity contribution in [3.63, 3.8) is 0 Å². The molecule has 1 aromatic rings. The molecular formula is C15H24N2. The lowest BCUT2D eigenvalue weighted by Crippen LogP contribution is -2.20. The quantitative estimate of drug-likeness (QED) is 0.771. The van der Waals surface area contributed by atoms with Gasteiger partial charge in [0.25, 0.3) is 0 Å². The maximum absolute atomic E-state index is 4.72. The Morgan fingerprint density at radius 3 is 2.47 bits per heavy atom. The minimum Gasteiger partial charge on any atom is -0.356 e. The number of rotatable bonds is 5. The van der Waals surface area contributed by atoms with E-state index < -0.39 is 0 Å². The van der Waals surface area contributed by atoms with Gasteiger partial charge >= 0.3 is 0 Å². The summed E-state index contributed by atoms with van der Waals surface area (Å²) in [6.45, 7) is 6.86. The van der Waals surface area contributed by atoms with Gasteiger partial charge in [-0.1, -0.05) is 32.8 Å². The molecule has 2 rings (SSSR count). The fraction of sp³-hybridized carbons (Fsp3) is 0.667. The maximum Gasteiger partial charge on any atom is 0.131 e. The first-order valence-corrected chi connectivity index (χ1v) is 7.08. The summed E-state index contributed by atoms with van der Waals surface area (Å²) in [6.07, 6.45) is 9.46. The second kappa shape index (κ2) is 6.04. The Morgan fingerprint density at radius 1 is 1.12 bits per heavy atom. The topological polar surface area (TPSA) is 16.1 Å². The van der Waals surface area contributed by atoms with Crippen LogP contribution in [-0.4, -0.2) is 18.1 Å². The molecule has 0 N–H and O–H groups in total. The summed E-state index contributed by atoms with van der Waals surface area (Å²) in [4.78, 5) is 7.18. The minimum absolute atomic E-state index is 1.16. The molecule has 0 radical (unpaired) electrons. The molecule has 0 aromatic carbocycles. The van der Waals surface area contributed by atoms with Crippen molar-refractivity contribution in [2.24, 2.45) is 0 Å². The molecule has 1 aromatic heterocycles. The third-order valence-corrected chi connectivity index (χ3v) is 3.46. The highest BCUT2D eigenvalue weighted by molar-refractivity contribution is 5.49. The first-order valence-electron chi connectivity index (χ1n) is 7.08. The first kappa shape index (κ1) is 12.4. The summed E-state index contributed by atoms with van der Waals surface area (Å²) < 4.78 is 0. The summed E-state index contributed by atoms with van der Waals surface area (Å²) in [6, 6.07) is 2.38. The van der Waals surface area contributed by atoms with E-state index in [1.807, 2.05) is 0 Å². The average molecular weight is 232 g/mol. The van der Waals surface area contributed by atoms with Gasteiger partial charge in [-0.15, -0.1) is 0 Å². The van der Waals surface area contributed by atoms with Crippen molar-refractivity contribution in [2.45, 2.75) is 52.4 Å². The Balaban J connectivity index is 2.23. The van der Waals surface area contributed by atoms with Gasteiger partial charge in [0.15, 0.2) is 0 Å². The molecule has 1 saturated heterocycles. The fourth-order valence-electron chi connectivity index (χ4n) is 2.64. The van der Waals surface area contributed by atoms with E-state index in [2.05, 4.69) is 31.0 Å². The van der Waals surface area contributed by atoms with Crippen LogP contribution in [0.4, 0.5) is 5.82 Å². The number of aryl methyl sites for hydroxylation is 2. The standard InChI is InChI=1S/C15H24N2/c1-3-7-13-11-14(8-4-2)15(16-12-13)17-9-5-6-10-17/h11-12H,3-10H2,1-2H3. The summed E-state index contributed by atoms with van der Waals surface area (Å²) >= 11 is 0. The monoisotopic (exact) mass is 232 g/mol. The van der Waals surface area contributed by atoms with Gasteiger partial charge in [-0.3, -0.25) is 0 Å². The molecule has 2 heteroatoms. The molecule has 2 nitrogen and oxygen atoms in total. The molecule has 1 fully saturated rings. The van der Waals surface area contributed by atoms with E-state index in [0.29, 0.717) is 0 Å². The SMILES string of the molecule is CCCc1cnc(N2CCCC2)c(CCC)c1. The highest BCUT2D eigenvalue weighted by Crippen LogP contribution is 2.24. The van der Waals surface area contributed by atoms with Crippen molar-refractivity contribution in [3.8, 4) is 0 Å². The van der Waals surface area contributed by atoms with Gasteiger partial charge in [0.1, 0.15) is 5.82 Å². The van der Waals surface area contributed by atoms with Crippen molar-refractivity contribution >= 4 is 5.82 Å². The molecule has 0 aliphatic carbocycles. The number of anilines is 1. The van der Waals surface area contributed by atoms with Gasteiger partial charge in [0.05, 0.1) is 0 Å². The van der Waals surface area contributed by atoms with Crippen LogP contribution in [0.15, 0.2) is 12.3 Å². The number of hydrogen-bond donors (Lipinski definition) is 0. The maximum atomic E-state index is 4.72. The lowest BCUT2D eigenvalue weighted by molar-refractivity contribution is 0.851. The van der Waals surface area contributed by atoms with Crippen molar-refractivity contribution in [1.29, 1.82) is 0 Å². The zero-order valence-corrected chi connectivity index (χ0v) is 11.2. The molecule has 0 atom stereocenters. The predicted molar refractivity (Wildman–Crippen MR) is 73.7 cm³/mol. The van der Waals surface area contributed by atoms with Gasteiger partial charge in [0, 0.05) is 19.3 Å². The van der Waals surface area contributed by atoms with Gasteiger partial charge in [0.2, 0.25) is 0 Å². The molecule has 0 saturated carbocycles. The number of aromatic nitrogens is 1. The Morgan fingerprint density at radius 2 is 1.82 bits per heavy atom. The number of nitrogens with zero attached hydrogens (tertiary/aromatic N) is 2. The third kappa shape index (κ3) is 2.99. The Kier molecular flexibility index (Phi) is 4.41. The van der Waals surface area contributed by atoms with Crippen LogP contribution >= 0.6 is 0 Å². The van der Waals surface area contributed by atoms with Crippen LogP contribution in [-0.2, 0) is 12.8 Å². The molecule has 0 unspecified atom stereocenters. The molecule has 0 spiro atoms. The largest absolute Gasteiger partial charge is 0.356 e. The second-order valence-electron chi connectivity index (χ2n) is 5.02. The van der Waals surface area contributed by atoms with Crippen LogP contribution in [0.1, 0.15) is 50.7 Å². The minimum atomic E-state index is 1.16. The van der Waals surface area contributed by atoms with Crippen LogP contribution < -0.4 is 4.90 Å². The third-order valence-electron chi connectivity index (χ3n) is 3.46. The number of hydrogen-bond acceptors (Lipinski definition) is 2. The number of pyridine rings is 1. The van der Waals surface area contributed by atoms with E-state index in [1.54, 1.807) is 0 Å². The van der Waals surface area contributed by atoms with Gasteiger partial charge in [-0.2, -0.15) is 0 Å². The van der Waals surface area contributed by atoms with Crippen LogP contribution in [0, 0.1) is 0 Å². The van der Waals surface area contributed by atoms with E-state index in [9.17, 15) is 0 Å². The first-order chi connectivity index (χ1) is 8.35. The second-order valence-corrected chi connectivity index (χ2v) is 5.02. The summed E-state index contributed by atoms with van der Waals surface area (Å²) in [7, 11) is 0. The van der Waals surface area contributed by atoms with E-state index in [0.717, 1.165) is 12.8 Å². The van der Waals surface area contributed by atoms with Crippen LogP contribution in [0.2, 0.25) is 0 Å². The smallest absolute Gasteiger partial charge is 0.131 e. The molecule has 94 valence electrons. The van der Waals surface area contributed by atoms with E-state index in [-0.39, 0.29) is 0 Å². The van der Waals surface area contributed by atoms with Gasteiger partial charge in [-0.05, 0) is 36.8 Å². The molecule has 1 aliphatic heterocycles. The molecule has 0 amide bonds. The summed E-state index contributed by atoms with van der Waals surface area (Å²) in [5, 5.41) is 0. The van der Waals surface area contributed by atoms with Gasteiger partial charge < -0.3 is 4.90 Å². The van der Waals surface area contributed by atoms with E-state index in [4.69, 9.17) is 4.98 Å². The zero-order valence-electron chi connectivity index (χ0n) is 11.2. The molecule has 0 bridgehead atoms. The van der Waals surface area contributed by atoms with Gasteiger partial charge in [-0.25, -0.2) is 4.98 Å². The fourth-order valence-corrected chi connectivity index (χ4v) is 2.64. The molecule has 2 heterocycles. The highest BCUT2D eigenvalue weighted by atomic mass is 15.2. The van der Waals surface area contributed by atoms with Crippen molar-refractivity contribution < 1.29 is 0 Å². The predicted octanol–water partition coefficient (Wildman–Crippen LogP) is 3.59. The lowest BCUT2D eigenvalue weighted by atomic mass is 10.1. The summed E-state index contributed by atoms with van der Waals surface area (Å²) in [5.41, 5.74) is 2.86. The average Bonchev–Trinajstić information content (AvgIpc) is 2.84. The van der Waals surface area contributed by atoms with Crippen LogP contribution in [0.3, 0.4) is 0 Å². The molecule has 1 aliphatic rings.